The minimum absolute atomic E-state index is 0.140. The standard InChI is InChI=1S/C24H24N2O4/c1-15-11-20(27)18(14-26-7-9-29-10-8-26)24-22(15)23(28)21(30-24)12-16-13-25(2)19-6-4-3-5-17(16)19/h3-6,11-13,27H,7-10,14H2,1-2H3/b21-12-. The molecule has 1 N–H and O–H groups in total. The zero-order valence-electron chi connectivity index (χ0n) is 17.1. The minimum Gasteiger partial charge on any atom is -0.507 e. The molecule has 2 aromatic carbocycles. The topological polar surface area (TPSA) is 63.9 Å². The van der Waals surface area contributed by atoms with Crippen molar-refractivity contribution in [2.24, 2.45) is 7.05 Å². The molecule has 0 atom stereocenters. The molecule has 6 heteroatoms. The number of Topliss-reactive ketones (excluding diaryl/α,β-unsaturated/α-hetero) is 1. The first kappa shape index (κ1) is 18.9. The van der Waals surface area contributed by atoms with Crippen molar-refractivity contribution in [3.05, 3.63) is 64.5 Å². The number of nitrogens with zero attached hydrogens (tertiary/aromatic N) is 2. The number of fused-ring (bicyclic) bond motifs is 2. The zero-order valence-corrected chi connectivity index (χ0v) is 17.1. The number of morpholine rings is 1. The lowest BCUT2D eigenvalue weighted by atomic mass is 9.99. The molecule has 0 unspecified atom stereocenters. The predicted molar refractivity (Wildman–Crippen MR) is 115 cm³/mol. The van der Waals surface area contributed by atoms with Gasteiger partial charge in [0.1, 0.15) is 11.5 Å². The number of aromatic nitrogens is 1. The van der Waals surface area contributed by atoms with Gasteiger partial charge in [0, 0.05) is 49.3 Å². The van der Waals surface area contributed by atoms with Crippen LogP contribution < -0.4 is 4.74 Å². The third kappa shape index (κ3) is 3.09. The van der Waals surface area contributed by atoms with E-state index in [1.54, 1.807) is 12.1 Å². The molecule has 0 bridgehead atoms. The van der Waals surface area contributed by atoms with Crippen LogP contribution in [0.4, 0.5) is 0 Å². The van der Waals surface area contributed by atoms with Gasteiger partial charge in [0.05, 0.1) is 24.3 Å². The number of hydrogen-bond acceptors (Lipinski definition) is 5. The number of benzene rings is 2. The van der Waals surface area contributed by atoms with Crippen LogP contribution in [0.1, 0.15) is 27.0 Å². The second-order valence-electron chi connectivity index (χ2n) is 7.94. The van der Waals surface area contributed by atoms with E-state index in [2.05, 4.69) is 4.90 Å². The summed E-state index contributed by atoms with van der Waals surface area (Å²) in [6, 6.07) is 9.73. The Hall–Kier alpha value is -3.09. The van der Waals surface area contributed by atoms with Gasteiger partial charge in [0.15, 0.2) is 5.76 Å². The smallest absolute Gasteiger partial charge is 0.232 e. The molecule has 2 aliphatic heterocycles. The number of hydrogen-bond donors (Lipinski definition) is 1. The number of aromatic hydroxyl groups is 1. The highest BCUT2D eigenvalue weighted by atomic mass is 16.5. The highest BCUT2D eigenvalue weighted by molar-refractivity contribution is 6.16. The number of rotatable bonds is 3. The summed E-state index contributed by atoms with van der Waals surface area (Å²) in [6.45, 7) is 5.26. The number of aryl methyl sites for hydroxylation is 2. The quantitative estimate of drug-likeness (QED) is 0.676. The molecule has 3 heterocycles. The summed E-state index contributed by atoms with van der Waals surface area (Å²) in [5, 5.41) is 11.7. The number of allylic oxidation sites excluding steroid dienone is 1. The summed E-state index contributed by atoms with van der Waals surface area (Å²) in [5.74, 6) is 0.796. The first-order valence-electron chi connectivity index (χ1n) is 10.2. The van der Waals surface area contributed by atoms with Crippen LogP contribution in [0.3, 0.4) is 0 Å². The van der Waals surface area contributed by atoms with Gasteiger partial charge in [0.25, 0.3) is 0 Å². The normalized spacial score (nSPS) is 18.2. The van der Waals surface area contributed by atoms with Crippen LogP contribution in [0.15, 0.2) is 42.3 Å². The molecule has 2 aliphatic rings. The van der Waals surface area contributed by atoms with Crippen LogP contribution >= 0.6 is 0 Å². The maximum absolute atomic E-state index is 13.2. The molecule has 5 rings (SSSR count). The fourth-order valence-electron chi connectivity index (χ4n) is 4.34. The van der Waals surface area contributed by atoms with E-state index in [9.17, 15) is 9.90 Å². The van der Waals surface area contributed by atoms with Gasteiger partial charge in [-0.1, -0.05) is 18.2 Å². The van der Waals surface area contributed by atoms with E-state index < -0.39 is 0 Å². The zero-order chi connectivity index (χ0) is 20.8. The molecule has 0 saturated carbocycles. The molecule has 0 spiro atoms. The van der Waals surface area contributed by atoms with E-state index in [1.807, 2.05) is 49.0 Å². The summed E-state index contributed by atoms with van der Waals surface area (Å²) in [5.41, 5.74) is 3.95. The Labute approximate surface area is 174 Å². The van der Waals surface area contributed by atoms with Crippen LogP contribution in [-0.4, -0.2) is 46.7 Å². The summed E-state index contributed by atoms with van der Waals surface area (Å²) in [4.78, 5) is 15.4. The van der Waals surface area contributed by atoms with Gasteiger partial charge in [-0.05, 0) is 30.7 Å². The monoisotopic (exact) mass is 404 g/mol. The SMILES string of the molecule is Cc1cc(O)c(CN2CCOCC2)c2c1C(=O)/C(=C/c1cn(C)c3ccccc13)O2. The molecule has 0 radical (unpaired) electrons. The molecule has 154 valence electrons. The third-order valence-corrected chi connectivity index (χ3v) is 5.92. The maximum Gasteiger partial charge on any atom is 0.232 e. The lowest BCUT2D eigenvalue weighted by Crippen LogP contribution is -2.35. The fraction of sp³-hybridized carbons (Fsp3) is 0.292. The number of ketones is 1. The molecule has 0 amide bonds. The number of para-hydroxylation sites is 1. The van der Waals surface area contributed by atoms with Crippen LogP contribution in [0.2, 0.25) is 0 Å². The summed E-state index contributed by atoms with van der Waals surface area (Å²) in [6.07, 6.45) is 3.80. The van der Waals surface area contributed by atoms with Crippen molar-refractivity contribution >= 4 is 22.8 Å². The van der Waals surface area contributed by atoms with Gasteiger partial charge in [-0.15, -0.1) is 0 Å². The van der Waals surface area contributed by atoms with Crippen molar-refractivity contribution in [3.8, 4) is 11.5 Å². The highest BCUT2D eigenvalue weighted by Gasteiger charge is 2.34. The van der Waals surface area contributed by atoms with E-state index in [4.69, 9.17) is 9.47 Å². The summed E-state index contributed by atoms with van der Waals surface area (Å²) < 4.78 is 13.6. The number of ether oxygens (including phenoxy) is 2. The second kappa shape index (κ2) is 7.31. The van der Waals surface area contributed by atoms with E-state index >= 15 is 0 Å². The van der Waals surface area contributed by atoms with E-state index in [0.717, 1.165) is 35.1 Å². The Kier molecular flexibility index (Phi) is 4.60. The first-order chi connectivity index (χ1) is 14.5. The van der Waals surface area contributed by atoms with Gasteiger partial charge in [-0.2, -0.15) is 0 Å². The lowest BCUT2D eigenvalue weighted by Gasteiger charge is -2.27. The van der Waals surface area contributed by atoms with Gasteiger partial charge < -0.3 is 19.1 Å². The van der Waals surface area contributed by atoms with E-state index in [0.29, 0.717) is 42.4 Å². The Bertz CT molecular complexity index is 1190. The average molecular weight is 404 g/mol. The van der Waals surface area contributed by atoms with Gasteiger partial charge >= 0.3 is 0 Å². The van der Waals surface area contributed by atoms with Gasteiger partial charge in [-0.25, -0.2) is 0 Å². The molecule has 1 saturated heterocycles. The Morgan fingerprint density at radius 1 is 1.20 bits per heavy atom. The number of carbonyl (C=O) groups is 1. The minimum atomic E-state index is -0.140. The van der Waals surface area contributed by atoms with Crippen LogP contribution in [-0.2, 0) is 18.3 Å². The number of phenols is 1. The first-order valence-corrected chi connectivity index (χ1v) is 10.2. The molecule has 1 aromatic heterocycles. The Morgan fingerprint density at radius 3 is 2.77 bits per heavy atom. The summed E-state index contributed by atoms with van der Waals surface area (Å²) in [7, 11) is 1.99. The molecular formula is C24H24N2O4. The molecule has 1 fully saturated rings. The van der Waals surface area contributed by atoms with Crippen LogP contribution in [0, 0.1) is 6.92 Å². The second-order valence-corrected chi connectivity index (χ2v) is 7.94. The Balaban J connectivity index is 1.55. The van der Waals surface area contributed by atoms with Crippen LogP contribution in [0.5, 0.6) is 11.5 Å². The molecule has 0 aliphatic carbocycles. The van der Waals surface area contributed by atoms with Crippen molar-refractivity contribution < 1.29 is 19.4 Å². The lowest BCUT2D eigenvalue weighted by molar-refractivity contribution is 0.0336. The molecule has 6 nitrogen and oxygen atoms in total. The van der Waals surface area contributed by atoms with E-state index in [1.165, 1.54) is 0 Å². The van der Waals surface area contributed by atoms with Crippen LogP contribution in [0.25, 0.3) is 17.0 Å². The maximum atomic E-state index is 13.2. The van der Waals surface area contributed by atoms with Crippen molar-refractivity contribution in [2.45, 2.75) is 13.5 Å². The fourth-order valence-corrected chi connectivity index (χ4v) is 4.34. The molecule has 3 aromatic rings. The van der Waals surface area contributed by atoms with Crippen molar-refractivity contribution in [2.75, 3.05) is 26.3 Å². The number of carbonyl (C=O) groups excluding carboxylic acids is 1. The number of phenolic OH excluding ortho intramolecular Hbond substituents is 1. The van der Waals surface area contributed by atoms with Crippen molar-refractivity contribution in [3.63, 3.8) is 0 Å². The summed E-state index contributed by atoms with van der Waals surface area (Å²) >= 11 is 0. The average Bonchev–Trinajstić information content (AvgIpc) is 3.24. The van der Waals surface area contributed by atoms with E-state index in [-0.39, 0.29) is 11.5 Å². The van der Waals surface area contributed by atoms with Gasteiger partial charge in [0.2, 0.25) is 5.78 Å². The van der Waals surface area contributed by atoms with Crippen molar-refractivity contribution in [1.82, 2.24) is 9.47 Å². The van der Waals surface area contributed by atoms with Crippen molar-refractivity contribution in [1.29, 1.82) is 0 Å². The molecule has 30 heavy (non-hydrogen) atoms. The third-order valence-electron chi connectivity index (χ3n) is 5.92. The van der Waals surface area contributed by atoms with Gasteiger partial charge in [-0.3, -0.25) is 9.69 Å². The Morgan fingerprint density at radius 2 is 1.97 bits per heavy atom. The molecular weight excluding hydrogens is 380 g/mol. The predicted octanol–water partition coefficient (Wildman–Crippen LogP) is 3.64. The highest BCUT2D eigenvalue weighted by Crippen LogP contribution is 2.42. The largest absolute Gasteiger partial charge is 0.507 e.